The van der Waals surface area contributed by atoms with E-state index in [0.717, 1.165) is 11.1 Å². The van der Waals surface area contributed by atoms with E-state index < -0.39 is 5.60 Å². The monoisotopic (exact) mass is 339 g/mol. The molecule has 0 N–H and O–H groups in total. The second-order valence-corrected chi connectivity index (χ2v) is 6.94. The number of hydrogen-bond donors (Lipinski definition) is 0. The van der Waals surface area contributed by atoms with Crippen LogP contribution in [0.2, 0.25) is 0 Å². The lowest BCUT2D eigenvalue weighted by Gasteiger charge is -2.39. The summed E-state index contributed by atoms with van der Waals surface area (Å²) in [5.74, 6) is 0.863. The number of hydrogen-bond acceptors (Lipinski definition) is 4. The molecule has 5 heteroatoms. The van der Waals surface area contributed by atoms with E-state index in [9.17, 15) is 9.18 Å². The molecule has 2 heterocycles. The van der Waals surface area contributed by atoms with Gasteiger partial charge in [-0.1, -0.05) is 0 Å². The number of carbonyl (C=O) groups excluding carboxylic acids is 1. The summed E-state index contributed by atoms with van der Waals surface area (Å²) in [5, 5.41) is 0. The molecule has 0 radical (unpaired) electrons. The predicted molar refractivity (Wildman–Crippen MR) is 91.7 cm³/mol. The molecule has 2 aromatic rings. The Morgan fingerprint density at radius 1 is 1.16 bits per heavy atom. The molecule has 2 atom stereocenters. The SMILES string of the molecule is CC(=O)c1ccc2c(c1)[C@H]1N=C(c3ccc(F)cc3)O[C@H]1C(C)(C)O2. The molecule has 0 amide bonds. The van der Waals surface area contributed by atoms with Gasteiger partial charge in [0.05, 0.1) is 0 Å². The van der Waals surface area contributed by atoms with Gasteiger partial charge in [-0.05, 0) is 63.2 Å². The van der Waals surface area contributed by atoms with Crippen molar-refractivity contribution in [1.82, 2.24) is 0 Å². The average Bonchev–Trinajstić information content (AvgIpc) is 3.01. The maximum atomic E-state index is 13.2. The summed E-state index contributed by atoms with van der Waals surface area (Å²) < 4.78 is 25.4. The fraction of sp³-hybridized carbons (Fsp3) is 0.300. The molecule has 2 aliphatic heterocycles. The second-order valence-electron chi connectivity index (χ2n) is 6.94. The number of aliphatic imine (C=N–C) groups is 1. The highest BCUT2D eigenvalue weighted by Crippen LogP contribution is 2.46. The van der Waals surface area contributed by atoms with Gasteiger partial charge in [0.15, 0.2) is 11.9 Å². The Kier molecular flexibility index (Phi) is 3.42. The van der Waals surface area contributed by atoms with E-state index in [4.69, 9.17) is 14.5 Å². The number of carbonyl (C=O) groups is 1. The molecule has 4 rings (SSSR count). The molecule has 0 spiro atoms. The lowest BCUT2D eigenvalue weighted by molar-refractivity contribution is -0.0352. The minimum Gasteiger partial charge on any atom is -0.484 e. The Labute approximate surface area is 145 Å². The zero-order chi connectivity index (χ0) is 17.8. The third-order valence-electron chi connectivity index (χ3n) is 4.67. The van der Waals surface area contributed by atoms with Crippen molar-refractivity contribution in [3.05, 3.63) is 65.0 Å². The van der Waals surface area contributed by atoms with E-state index in [-0.39, 0.29) is 23.7 Å². The van der Waals surface area contributed by atoms with Gasteiger partial charge < -0.3 is 9.47 Å². The number of ether oxygens (including phenoxy) is 2. The molecule has 0 bridgehead atoms. The Morgan fingerprint density at radius 3 is 2.56 bits per heavy atom. The maximum Gasteiger partial charge on any atom is 0.217 e. The molecule has 0 aromatic heterocycles. The molecule has 0 fully saturated rings. The third kappa shape index (κ3) is 2.60. The number of rotatable bonds is 2. The molecule has 0 saturated heterocycles. The van der Waals surface area contributed by atoms with Crippen molar-refractivity contribution in [2.75, 3.05) is 0 Å². The van der Waals surface area contributed by atoms with Crippen molar-refractivity contribution in [3.8, 4) is 5.75 Å². The van der Waals surface area contributed by atoms with E-state index >= 15 is 0 Å². The van der Waals surface area contributed by atoms with Crippen LogP contribution in [0.15, 0.2) is 47.5 Å². The molecule has 2 aromatic carbocycles. The number of halogens is 1. The number of nitrogens with zero attached hydrogens (tertiary/aromatic N) is 1. The van der Waals surface area contributed by atoms with Gasteiger partial charge in [-0.15, -0.1) is 0 Å². The number of benzene rings is 2. The van der Waals surface area contributed by atoms with Crippen LogP contribution in [0, 0.1) is 5.82 Å². The summed E-state index contributed by atoms with van der Waals surface area (Å²) in [4.78, 5) is 16.5. The molecular formula is C20H18FNO3. The van der Waals surface area contributed by atoms with Crippen molar-refractivity contribution in [3.63, 3.8) is 0 Å². The van der Waals surface area contributed by atoms with Gasteiger partial charge in [0.2, 0.25) is 5.90 Å². The van der Waals surface area contributed by atoms with E-state index in [0.29, 0.717) is 17.2 Å². The van der Waals surface area contributed by atoms with Crippen LogP contribution in [-0.2, 0) is 4.74 Å². The summed E-state index contributed by atoms with van der Waals surface area (Å²) >= 11 is 0. The van der Waals surface area contributed by atoms with Gasteiger partial charge in [0, 0.05) is 16.7 Å². The van der Waals surface area contributed by atoms with Crippen molar-refractivity contribution < 1.29 is 18.7 Å². The fourth-order valence-corrected chi connectivity index (χ4v) is 3.33. The van der Waals surface area contributed by atoms with Gasteiger partial charge in [-0.2, -0.15) is 0 Å². The number of ketones is 1. The highest BCUT2D eigenvalue weighted by atomic mass is 19.1. The molecule has 4 nitrogen and oxygen atoms in total. The van der Waals surface area contributed by atoms with E-state index in [1.54, 1.807) is 18.2 Å². The molecule has 0 saturated carbocycles. The van der Waals surface area contributed by atoms with Gasteiger partial charge in [0.1, 0.15) is 23.2 Å². The van der Waals surface area contributed by atoms with Crippen molar-refractivity contribution in [2.24, 2.45) is 4.99 Å². The number of Topliss-reactive ketones (excluding diaryl/α,β-unsaturated/α-hetero) is 1. The lowest BCUT2D eigenvalue weighted by Crippen LogP contribution is -2.48. The quantitative estimate of drug-likeness (QED) is 0.775. The summed E-state index contributed by atoms with van der Waals surface area (Å²) in [5.41, 5.74) is 1.59. The predicted octanol–water partition coefficient (Wildman–Crippen LogP) is 4.09. The normalized spacial score (nSPS) is 23.0. The highest BCUT2D eigenvalue weighted by Gasteiger charge is 2.49. The highest BCUT2D eigenvalue weighted by molar-refractivity contribution is 5.96. The largest absolute Gasteiger partial charge is 0.484 e. The summed E-state index contributed by atoms with van der Waals surface area (Å²) in [7, 11) is 0. The van der Waals surface area contributed by atoms with Crippen LogP contribution in [0.4, 0.5) is 4.39 Å². The minimum absolute atomic E-state index is 0.00848. The van der Waals surface area contributed by atoms with Crippen LogP contribution in [0.25, 0.3) is 0 Å². The molecule has 0 aliphatic carbocycles. The Morgan fingerprint density at radius 2 is 1.88 bits per heavy atom. The van der Waals surface area contributed by atoms with Gasteiger partial charge in [0.25, 0.3) is 0 Å². The first-order valence-electron chi connectivity index (χ1n) is 8.19. The minimum atomic E-state index is -0.583. The van der Waals surface area contributed by atoms with Crippen molar-refractivity contribution >= 4 is 11.7 Å². The third-order valence-corrected chi connectivity index (χ3v) is 4.67. The Bertz CT molecular complexity index is 886. The van der Waals surface area contributed by atoms with Gasteiger partial charge >= 0.3 is 0 Å². The standard InChI is InChI=1S/C20H18FNO3/c1-11(23)13-6-9-16-15(10-13)17-18(20(2,3)25-16)24-19(22-17)12-4-7-14(21)8-5-12/h4-10,17-18H,1-3H3/t17-,18-/m1/s1. The van der Waals surface area contributed by atoms with Crippen LogP contribution >= 0.6 is 0 Å². The van der Waals surface area contributed by atoms with Crippen LogP contribution in [0.3, 0.4) is 0 Å². The molecule has 25 heavy (non-hydrogen) atoms. The Hall–Kier alpha value is -2.69. The van der Waals surface area contributed by atoms with Gasteiger partial charge in [-0.25, -0.2) is 9.38 Å². The van der Waals surface area contributed by atoms with E-state index in [1.165, 1.54) is 19.1 Å². The van der Waals surface area contributed by atoms with Crippen LogP contribution < -0.4 is 4.74 Å². The topological polar surface area (TPSA) is 47.9 Å². The lowest BCUT2D eigenvalue weighted by atomic mass is 9.86. The molecule has 128 valence electrons. The zero-order valence-electron chi connectivity index (χ0n) is 14.2. The maximum absolute atomic E-state index is 13.2. The summed E-state index contributed by atoms with van der Waals surface area (Å²) in [6.45, 7) is 5.44. The van der Waals surface area contributed by atoms with Crippen LogP contribution in [0.1, 0.15) is 48.3 Å². The first-order valence-corrected chi connectivity index (χ1v) is 8.19. The van der Waals surface area contributed by atoms with E-state index in [1.807, 2.05) is 26.0 Å². The Balaban J connectivity index is 1.80. The van der Waals surface area contributed by atoms with E-state index in [2.05, 4.69) is 0 Å². The van der Waals surface area contributed by atoms with Crippen molar-refractivity contribution in [1.29, 1.82) is 0 Å². The van der Waals surface area contributed by atoms with Crippen LogP contribution in [0.5, 0.6) is 5.75 Å². The number of fused-ring (bicyclic) bond motifs is 3. The first-order chi connectivity index (χ1) is 11.8. The second kappa shape index (κ2) is 5.41. The molecule has 0 unspecified atom stereocenters. The molecular weight excluding hydrogens is 321 g/mol. The first kappa shape index (κ1) is 15.8. The van der Waals surface area contributed by atoms with Gasteiger partial charge in [-0.3, -0.25) is 4.79 Å². The molecule has 2 aliphatic rings. The smallest absolute Gasteiger partial charge is 0.217 e. The average molecular weight is 339 g/mol. The summed E-state index contributed by atoms with van der Waals surface area (Å²) in [6, 6.07) is 11.2. The van der Waals surface area contributed by atoms with Crippen LogP contribution in [-0.4, -0.2) is 23.4 Å². The van der Waals surface area contributed by atoms with Crippen molar-refractivity contribution in [2.45, 2.75) is 38.5 Å². The summed E-state index contributed by atoms with van der Waals surface area (Å²) in [6.07, 6.45) is -0.317. The fourth-order valence-electron chi connectivity index (χ4n) is 3.33. The zero-order valence-corrected chi connectivity index (χ0v) is 14.2.